The number of nitrogens with zero attached hydrogens (tertiary/aromatic N) is 2. The first-order chi connectivity index (χ1) is 13.0. The number of halogens is 2. The first kappa shape index (κ1) is 19.4. The van der Waals surface area contributed by atoms with Crippen LogP contribution < -0.4 is 5.32 Å². The quantitative estimate of drug-likeness (QED) is 0.842. The molecule has 140 valence electrons. The molecule has 0 spiro atoms. The van der Waals surface area contributed by atoms with Gasteiger partial charge in [0.2, 0.25) is 11.8 Å². The van der Waals surface area contributed by atoms with Crippen LogP contribution in [0.3, 0.4) is 0 Å². The second kappa shape index (κ2) is 8.54. The molecule has 1 fully saturated rings. The van der Waals surface area contributed by atoms with E-state index in [1.807, 2.05) is 0 Å². The fraction of sp³-hybridized carbons (Fsp3) is 0.211. The average molecular weight is 406 g/mol. The predicted octanol–water partition coefficient (Wildman–Crippen LogP) is 3.75. The Balaban J connectivity index is 1.92. The summed E-state index contributed by atoms with van der Waals surface area (Å²) in [6.07, 6.45) is 0.0746. The summed E-state index contributed by atoms with van der Waals surface area (Å²) < 4.78 is 13.2. The Bertz CT molecular complexity index is 872. The number of amides is 2. The van der Waals surface area contributed by atoms with Gasteiger partial charge in [-0.3, -0.25) is 14.5 Å². The first-order valence-corrected chi connectivity index (χ1v) is 9.49. The van der Waals surface area contributed by atoms with Crippen molar-refractivity contribution in [3.63, 3.8) is 0 Å². The normalized spacial score (nSPS) is 18.6. The molecule has 1 aliphatic rings. The Hall–Kier alpha value is -2.38. The van der Waals surface area contributed by atoms with E-state index in [-0.39, 0.29) is 30.6 Å². The number of carbonyl (C=O) groups is 2. The highest BCUT2D eigenvalue weighted by Crippen LogP contribution is 2.30. The lowest BCUT2D eigenvalue weighted by atomic mass is 10.2. The predicted molar refractivity (Wildman–Crippen MR) is 106 cm³/mol. The third-order valence-electron chi connectivity index (χ3n) is 3.98. The van der Waals surface area contributed by atoms with Crippen LogP contribution in [0.1, 0.15) is 12.0 Å². The molecule has 1 saturated heterocycles. The van der Waals surface area contributed by atoms with Crippen molar-refractivity contribution in [3.05, 3.63) is 64.9 Å². The number of thioether (sulfide) groups is 1. The number of benzene rings is 2. The summed E-state index contributed by atoms with van der Waals surface area (Å²) in [7, 11) is 1.54. The minimum absolute atomic E-state index is 0.0746. The Morgan fingerprint density at radius 2 is 1.93 bits per heavy atom. The molecule has 1 heterocycles. The summed E-state index contributed by atoms with van der Waals surface area (Å²) in [6.45, 7) is 0.249. The molecule has 2 amide bonds. The van der Waals surface area contributed by atoms with E-state index in [0.717, 1.165) is 5.56 Å². The molecule has 0 saturated carbocycles. The zero-order valence-electron chi connectivity index (χ0n) is 14.5. The van der Waals surface area contributed by atoms with Crippen LogP contribution in [0.15, 0.2) is 53.5 Å². The van der Waals surface area contributed by atoms with E-state index in [1.165, 1.54) is 35.8 Å². The van der Waals surface area contributed by atoms with Gasteiger partial charge in [-0.2, -0.15) is 0 Å². The summed E-state index contributed by atoms with van der Waals surface area (Å²) >= 11 is 7.14. The molecule has 5 nitrogen and oxygen atoms in total. The molecule has 1 N–H and O–H groups in total. The summed E-state index contributed by atoms with van der Waals surface area (Å²) in [5, 5.41) is 3.03. The van der Waals surface area contributed by atoms with Gasteiger partial charge >= 0.3 is 0 Å². The van der Waals surface area contributed by atoms with Crippen molar-refractivity contribution in [2.45, 2.75) is 18.2 Å². The Kier molecular flexibility index (Phi) is 6.13. The van der Waals surface area contributed by atoms with Gasteiger partial charge in [0.1, 0.15) is 5.82 Å². The van der Waals surface area contributed by atoms with Crippen LogP contribution in [0, 0.1) is 5.82 Å². The molecule has 0 aliphatic carbocycles. The molecule has 8 heteroatoms. The standard InChI is InChI=1S/C19H17ClFN3O2S/c1-22-18(26)16-10-17(25)24(11-12-2-6-14(21)7-3-12)19(27-16)23-15-8-4-13(20)5-9-15/h2-9,16H,10-11H2,1H3,(H,22,26). The minimum Gasteiger partial charge on any atom is -0.358 e. The summed E-state index contributed by atoms with van der Waals surface area (Å²) in [6, 6.07) is 12.8. The lowest BCUT2D eigenvalue weighted by molar-refractivity contribution is -0.130. The van der Waals surface area contributed by atoms with E-state index in [4.69, 9.17) is 11.6 Å². The first-order valence-electron chi connectivity index (χ1n) is 8.23. The van der Waals surface area contributed by atoms with Crippen molar-refractivity contribution in [2.24, 2.45) is 4.99 Å². The van der Waals surface area contributed by atoms with Crippen LogP contribution in [0.2, 0.25) is 5.02 Å². The lowest BCUT2D eigenvalue weighted by Gasteiger charge is -2.31. The number of hydrogen-bond donors (Lipinski definition) is 1. The highest BCUT2D eigenvalue weighted by Gasteiger charge is 2.35. The summed E-state index contributed by atoms with van der Waals surface area (Å²) in [5.41, 5.74) is 1.39. The fourth-order valence-corrected chi connectivity index (χ4v) is 3.84. The minimum atomic E-state index is -0.544. The van der Waals surface area contributed by atoms with Crippen molar-refractivity contribution in [2.75, 3.05) is 7.05 Å². The van der Waals surface area contributed by atoms with Crippen molar-refractivity contribution >= 4 is 46.0 Å². The molecule has 27 heavy (non-hydrogen) atoms. The smallest absolute Gasteiger partial charge is 0.233 e. The van der Waals surface area contributed by atoms with Gasteiger partial charge in [0.25, 0.3) is 0 Å². The number of amidine groups is 1. The van der Waals surface area contributed by atoms with Gasteiger partial charge < -0.3 is 5.32 Å². The topological polar surface area (TPSA) is 61.8 Å². The number of aliphatic imine (C=N–C) groups is 1. The SMILES string of the molecule is CNC(=O)C1CC(=O)N(Cc2ccc(F)cc2)C(=Nc2ccc(Cl)cc2)S1. The molecule has 1 unspecified atom stereocenters. The summed E-state index contributed by atoms with van der Waals surface area (Å²) in [4.78, 5) is 30.8. The van der Waals surface area contributed by atoms with Crippen LogP contribution in [-0.2, 0) is 16.1 Å². The highest BCUT2D eigenvalue weighted by atomic mass is 35.5. The zero-order valence-corrected chi connectivity index (χ0v) is 16.1. The maximum Gasteiger partial charge on any atom is 0.233 e. The molecule has 0 bridgehead atoms. The molecule has 2 aromatic rings. The molecular formula is C19H17ClFN3O2S. The Morgan fingerprint density at radius 3 is 2.56 bits per heavy atom. The van der Waals surface area contributed by atoms with Crippen LogP contribution in [0.25, 0.3) is 0 Å². The zero-order chi connectivity index (χ0) is 19.4. The van der Waals surface area contributed by atoms with E-state index >= 15 is 0 Å². The van der Waals surface area contributed by atoms with Gasteiger partial charge in [0.05, 0.1) is 17.5 Å². The van der Waals surface area contributed by atoms with Gasteiger partial charge in [-0.05, 0) is 42.0 Å². The number of rotatable bonds is 4. The second-order valence-corrected chi connectivity index (χ2v) is 7.51. The number of hydrogen-bond acceptors (Lipinski definition) is 4. The molecule has 0 aromatic heterocycles. The molecule has 3 rings (SSSR count). The average Bonchev–Trinajstić information content (AvgIpc) is 2.67. The van der Waals surface area contributed by atoms with Gasteiger partial charge in [0.15, 0.2) is 5.17 Å². The molecule has 0 radical (unpaired) electrons. The van der Waals surface area contributed by atoms with Gasteiger partial charge in [-0.25, -0.2) is 9.38 Å². The molecule has 1 atom stereocenters. The van der Waals surface area contributed by atoms with Crippen LogP contribution >= 0.6 is 23.4 Å². The molecule has 1 aliphatic heterocycles. The Morgan fingerprint density at radius 1 is 1.26 bits per heavy atom. The van der Waals surface area contributed by atoms with Crippen molar-refractivity contribution in [1.29, 1.82) is 0 Å². The third kappa shape index (κ3) is 4.87. The third-order valence-corrected chi connectivity index (χ3v) is 5.42. The van der Waals surface area contributed by atoms with Crippen molar-refractivity contribution in [1.82, 2.24) is 10.2 Å². The Labute approximate surface area is 165 Å². The number of nitrogens with one attached hydrogen (secondary N) is 1. The van der Waals surface area contributed by atoms with Gasteiger partial charge in [-0.15, -0.1) is 0 Å². The van der Waals surface area contributed by atoms with Crippen LogP contribution in [0.5, 0.6) is 0 Å². The lowest BCUT2D eigenvalue weighted by Crippen LogP contribution is -2.45. The van der Waals surface area contributed by atoms with Gasteiger partial charge in [0, 0.05) is 18.5 Å². The van der Waals surface area contributed by atoms with Gasteiger partial charge in [-0.1, -0.05) is 35.5 Å². The second-order valence-electron chi connectivity index (χ2n) is 5.90. The van der Waals surface area contributed by atoms with E-state index in [9.17, 15) is 14.0 Å². The van der Waals surface area contributed by atoms with Crippen molar-refractivity contribution < 1.29 is 14.0 Å². The monoisotopic (exact) mass is 405 g/mol. The largest absolute Gasteiger partial charge is 0.358 e. The van der Waals surface area contributed by atoms with Crippen LogP contribution in [0.4, 0.5) is 10.1 Å². The maximum absolute atomic E-state index is 13.2. The number of carbonyl (C=O) groups excluding carboxylic acids is 2. The van der Waals surface area contributed by atoms with Crippen LogP contribution in [-0.4, -0.2) is 34.2 Å². The molecule has 2 aromatic carbocycles. The maximum atomic E-state index is 13.2. The van der Waals surface area contributed by atoms with E-state index in [0.29, 0.717) is 15.9 Å². The summed E-state index contributed by atoms with van der Waals surface area (Å²) in [5.74, 6) is -0.772. The van der Waals surface area contributed by atoms with E-state index in [2.05, 4.69) is 10.3 Å². The highest BCUT2D eigenvalue weighted by molar-refractivity contribution is 8.15. The fourth-order valence-electron chi connectivity index (χ4n) is 2.56. The van der Waals surface area contributed by atoms with Crippen molar-refractivity contribution in [3.8, 4) is 0 Å². The van der Waals surface area contributed by atoms with E-state index < -0.39 is 5.25 Å². The molecular weight excluding hydrogens is 389 g/mol. The van der Waals surface area contributed by atoms with E-state index in [1.54, 1.807) is 36.4 Å².